The normalized spacial score (nSPS) is 16.8. The topological polar surface area (TPSA) is 134 Å². The van der Waals surface area contributed by atoms with Gasteiger partial charge in [-0.05, 0) is 25.8 Å². The van der Waals surface area contributed by atoms with Gasteiger partial charge in [0.15, 0.2) is 5.82 Å². The number of hydrogen-bond acceptors (Lipinski definition) is 5. The van der Waals surface area contributed by atoms with Crippen LogP contribution in [0.15, 0.2) is 12.3 Å². The molecule has 3 heterocycles. The molecule has 0 spiro atoms. The molecule has 15 heteroatoms. The number of fused-ring (bicyclic) bond motifs is 1. The van der Waals surface area contributed by atoms with E-state index in [2.05, 4.69) is 26.3 Å². The Balaban J connectivity index is 1.56. The summed E-state index contributed by atoms with van der Waals surface area (Å²) in [6.07, 6.45) is -3.26. The third-order valence-corrected chi connectivity index (χ3v) is 6.58. The minimum atomic E-state index is -3.20. The van der Waals surface area contributed by atoms with Gasteiger partial charge in [0.2, 0.25) is 5.91 Å². The molecule has 0 radical (unpaired) electrons. The van der Waals surface area contributed by atoms with Crippen LogP contribution in [-0.4, -0.2) is 51.7 Å². The van der Waals surface area contributed by atoms with Crippen LogP contribution in [-0.2, 0) is 27.3 Å². The van der Waals surface area contributed by atoms with Crippen molar-refractivity contribution in [2.24, 2.45) is 0 Å². The molecule has 2 aromatic rings. The number of likely N-dealkylation sites (N-methyl/N-ethyl adjacent to an activating group) is 1. The number of nitrogens with zero attached hydrogens (tertiary/aromatic N) is 2. The molecule has 1 fully saturated rings. The van der Waals surface area contributed by atoms with Crippen molar-refractivity contribution in [3.8, 4) is 0 Å². The highest BCUT2D eigenvalue weighted by Gasteiger charge is 2.61. The number of carbonyl (C=O) groups is 4. The molecule has 4 rings (SSSR count). The third-order valence-electron chi connectivity index (χ3n) is 6.58. The molecule has 0 atom stereocenters. The molecule has 1 aliphatic carbocycles. The Labute approximate surface area is 212 Å². The van der Waals surface area contributed by atoms with Crippen molar-refractivity contribution in [1.29, 1.82) is 0 Å². The van der Waals surface area contributed by atoms with Crippen molar-refractivity contribution in [2.75, 3.05) is 17.7 Å². The van der Waals surface area contributed by atoms with Crippen molar-refractivity contribution in [3.05, 3.63) is 40.6 Å². The van der Waals surface area contributed by atoms with Crippen LogP contribution in [0.4, 0.5) is 33.5 Å². The molecule has 1 saturated carbocycles. The van der Waals surface area contributed by atoms with E-state index in [1.807, 2.05) is 0 Å². The minimum absolute atomic E-state index is 0.0495. The summed E-state index contributed by atoms with van der Waals surface area (Å²) >= 11 is 0. The zero-order valence-electron chi connectivity index (χ0n) is 20.2. The van der Waals surface area contributed by atoms with Gasteiger partial charge < -0.3 is 25.8 Å². The van der Waals surface area contributed by atoms with E-state index in [4.69, 9.17) is 0 Å². The Morgan fingerprint density at radius 2 is 1.79 bits per heavy atom. The van der Waals surface area contributed by atoms with Crippen LogP contribution in [0.1, 0.15) is 53.0 Å². The molecule has 4 amide bonds. The minimum Gasteiger partial charge on any atom is -0.357 e. The van der Waals surface area contributed by atoms with Gasteiger partial charge in [-0.3, -0.25) is 24.2 Å². The molecular weight excluding hydrogens is 519 g/mol. The van der Waals surface area contributed by atoms with Crippen LogP contribution in [0.5, 0.6) is 0 Å². The fraction of sp³-hybridized carbons (Fsp3) is 0.435. The van der Waals surface area contributed by atoms with Crippen LogP contribution in [0.3, 0.4) is 0 Å². The number of amides is 4. The molecule has 1 aliphatic heterocycles. The molecule has 0 aromatic carbocycles. The van der Waals surface area contributed by atoms with Crippen LogP contribution in [0, 0.1) is 12.7 Å². The predicted octanol–water partition coefficient (Wildman–Crippen LogP) is 2.44. The van der Waals surface area contributed by atoms with E-state index in [1.165, 1.54) is 14.0 Å². The van der Waals surface area contributed by atoms with Crippen molar-refractivity contribution in [2.45, 2.75) is 57.0 Å². The molecule has 10 nitrogen and oxygen atoms in total. The molecule has 204 valence electrons. The largest absolute Gasteiger partial charge is 0.357 e. The molecule has 2 aliphatic rings. The summed E-state index contributed by atoms with van der Waals surface area (Å²) < 4.78 is 69.0. The quantitative estimate of drug-likeness (QED) is 0.329. The number of pyridine rings is 1. The molecule has 0 unspecified atom stereocenters. The molecule has 0 saturated heterocycles. The van der Waals surface area contributed by atoms with Crippen LogP contribution in [0.2, 0.25) is 0 Å². The maximum Gasteiger partial charge on any atom is 0.314 e. The highest BCUT2D eigenvalue weighted by molar-refractivity contribution is 6.40. The van der Waals surface area contributed by atoms with E-state index in [1.54, 1.807) is 4.57 Å². The summed E-state index contributed by atoms with van der Waals surface area (Å²) in [4.78, 5) is 53.7. The number of halogens is 5. The fourth-order valence-electron chi connectivity index (χ4n) is 4.89. The van der Waals surface area contributed by atoms with Crippen LogP contribution < -0.4 is 21.3 Å². The monoisotopic (exact) mass is 542 g/mol. The smallest absolute Gasteiger partial charge is 0.314 e. The third kappa shape index (κ3) is 4.67. The maximum absolute atomic E-state index is 14.4. The van der Waals surface area contributed by atoms with E-state index in [0.717, 1.165) is 12.3 Å². The number of alkyl halides is 4. The Morgan fingerprint density at radius 1 is 1.11 bits per heavy atom. The number of carbonyl (C=O) groups excluding carboxylic acids is 4. The number of rotatable bonds is 6. The second-order valence-electron chi connectivity index (χ2n) is 9.14. The summed E-state index contributed by atoms with van der Waals surface area (Å²) in [6, 6.07) is 1.02. The summed E-state index contributed by atoms with van der Waals surface area (Å²) in [7, 11) is 1.21. The zero-order chi connectivity index (χ0) is 28.0. The van der Waals surface area contributed by atoms with E-state index >= 15 is 0 Å². The average Bonchev–Trinajstić information content (AvgIpc) is 3.39. The summed E-state index contributed by atoms with van der Waals surface area (Å²) in [6.45, 7) is 1.81. The Morgan fingerprint density at radius 3 is 2.39 bits per heavy atom. The van der Waals surface area contributed by atoms with Crippen molar-refractivity contribution in [3.63, 3.8) is 0 Å². The average molecular weight is 542 g/mol. The van der Waals surface area contributed by atoms with Crippen molar-refractivity contribution < 1.29 is 41.1 Å². The van der Waals surface area contributed by atoms with E-state index in [-0.39, 0.29) is 16.9 Å². The second kappa shape index (κ2) is 9.68. The van der Waals surface area contributed by atoms with Crippen molar-refractivity contribution in [1.82, 2.24) is 20.2 Å². The Kier molecular flexibility index (Phi) is 6.88. The summed E-state index contributed by atoms with van der Waals surface area (Å²) in [5.41, 5.74) is -2.87. The van der Waals surface area contributed by atoms with E-state index < -0.39 is 71.6 Å². The van der Waals surface area contributed by atoms with Crippen molar-refractivity contribution >= 4 is 35.1 Å². The second-order valence-corrected chi connectivity index (χ2v) is 9.14. The van der Waals surface area contributed by atoms with Gasteiger partial charge in [-0.1, -0.05) is 0 Å². The van der Waals surface area contributed by atoms with Gasteiger partial charge >= 0.3 is 11.8 Å². The predicted molar refractivity (Wildman–Crippen MR) is 122 cm³/mol. The van der Waals surface area contributed by atoms with E-state index in [0.29, 0.717) is 25.1 Å². The summed E-state index contributed by atoms with van der Waals surface area (Å²) in [5.74, 6) is -8.79. The zero-order valence-corrected chi connectivity index (χ0v) is 20.2. The van der Waals surface area contributed by atoms with Gasteiger partial charge in [0, 0.05) is 43.9 Å². The lowest BCUT2D eigenvalue weighted by Gasteiger charge is -2.45. The highest BCUT2D eigenvalue weighted by Crippen LogP contribution is 2.45. The number of aromatic nitrogens is 2. The van der Waals surface area contributed by atoms with Gasteiger partial charge in [-0.2, -0.15) is 0 Å². The van der Waals surface area contributed by atoms with Gasteiger partial charge in [0.05, 0.1) is 11.3 Å². The lowest BCUT2D eigenvalue weighted by Crippen LogP contribution is -2.70. The molecule has 38 heavy (non-hydrogen) atoms. The molecule has 0 bridgehead atoms. The van der Waals surface area contributed by atoms with Gasteiger partial charge in [0.25, 0.3) is 18.3 Å². The van der Waals surface area contributed by atoms with Crippen LogP contribution in [0.25, 0.3) is 0 Å². The van der Waals surface area contributed by atoms with Gasteiger partial charge in [-0.25, -0.2) is 22.0 Å². The first-order valence-electron chi connectivity index (χ1n) is 11.5. The first-order valence-corrected chi connectivity index (χ1v) is 11.5. The maximum atomic E-state index is 14.4. The standard InChI is InChI=1S/C23H23F5N6O4/c1-10-13(18(35)31-11-5-6-30-15(14(11)24)16(25)26)12-4-3-7-34(12)17(10)32-19(36)20(37)33-22(21(38)29-2)8-23(27,28)9-22/h5-6,16H,3-4,7-9H2,1-2H3,(H,29,38)(H,32,36)(H,33,37)(H,30,31,35). The van der Waals surface area contributed by atoms with Gasteiger partial charge in [-0.15, -0.1) is 0 Å². The van der Waals surface area contributed by atoms with Gasteiger partial charge in [0.1, 0.15) is 17.1 Å². The number of hydrogen-bond donors (Lipinski definition) is 4. The lowest BCUT2D eigenvalue weighted by atomic mass is 9.72. The first kappa shape index (κ1) is 27.0. The van der Waals surface area contributed by atoms with Crippen LogP contribution >= 0.6 is 0 Å². The Bertz CT molecular complexity index is 1330. The highest BCUT2D eigenvalue weighted by atomic mass is 19.3. The number of nitrogens with one attached hydrogen (secondary N) is 4. The number of anilines is 2. The molecule has 4 N–H and O–H groups in total. The fourth-order valence-corrected chi connectivity index (χ4v) is 4.89. The molecular formula is C23H23F5N6O4. The SMILES string of the molecule is CNC(=O)C1(NC(=O)C(=O)Nc2c(C)c(C(=O)Nc3ccnc(C(F)F)c3F)c3n2CCC3)CC(F)(F)C1. The van der Waals surface area contributed by atoms with E-state index in [9.17, 15) is 41.1 Å². The lowest BCUT2D eigenvalue weighted by molar-refractivity contribution is -0.166. The summed E-state index contributed by atoms with van der Waals surface area (Å²) in [5, 5.41) is 8.89. The first-order chi connectivity index (χ1) is 17.8. The Hall–Kier alpha value is -4.04. The molecule has 2 aromatic heterocycles.